The highest BCUT2D eigenvalue weighted by atomic mass is 31.1. The molecule has 1 nitrogen and oxygen atoms in total. The van der Waals surface area contributed by atoms with Gasteiger partial charge in [-0.2, -0.15) is 0 Å². The molecule has 4 aromatic carbocycles. The summed E-state index contributed by atoms with van der Waals surface area (Å²) >= 11 is 0. The molecule has 0 saturated carbocycles. The van der Waals surface area contributed by atoms with Gasteiger partial charge >= 0.3 is 0 Å². The number of hydrogen-bond donors (Lipinski definition) is 0. The molecule has 31 heavy (non-hydrogen) atoms. The van der Waals surface area contributed by atoms with Crippen LogP contribution < -0.4 is 15.9 Å². The van der Waals surface area contributed by atoms with Crippen molar-refractivity contribution in [3.05, 3.63) is 134 Å². The maximum atomic E-state index is 4.63. The molecule has 5 rings (SSSR count). The maximum absolute atomic E-state index is 4.63. The van der Waals surface area contributed by atoms with Gasteiger partial charge in [-0.05, 0) is 47.1 Å². The van der Waals surface area contributed by atoms with Crippen LogP contribution in [0.4, 0.5) is 0 Å². The van der Waals surface area contributed by atoms with Crippen molar-refractivity contribution in [1.82, 2.24) is 4.98 Å². The molecule has 0 atom stereocenters. The summed E-state index contributed by atoms with van der Waals surface area (Å²) in [5.74, 6) is 0. The molecule has 0 saturated heterocycles. The van der Waals surface area contributed by atoms with Gasteiger partial charge in [0, 0.05) is 11.8 Å². The van der Waals surface area contributed by atoms with E-state index >= 15 is 0 Å². The molecule has 0 bridgehead atoms. The minimum absolute atomic E-state index is 0.692. The van der Waals surface area contributed by atoms with Crippen molar-refractivity contribution in [3.8, 4) is 22.4 Å². The average Bonchev–Trinajstić information content (AvgIpc) is 2.86. The van der Waals surface area contributed by atoms with E-state index in [4.69, 9.17) is 0 Å². The highest BCUT2D eigenvalue weighted by Gasteiger charge is 2.21. The lowest BCUT2D eigenvalue weighted by atomic mass is 9.97. The Balaban J connectivity index is 1.74. The summed E-state index contributed by atoms with van der Waals surface area (Å²) in [6.07, 6.45) is 1.86. The molecule has 0 aliphatic carbocycles. The first-order chi connectivity index (χ1) is 15.4. The van der Waals surface area contributed by atoms with Crippen molar-refractivity contribution in [2.45, 2.75) is 0 Å². The molecule has 0 aliphatic rings. The summed E-state index contributed by atoms with van der Waals surface area (Å²) in [6, 6.07) is 45.2. The van der Waals surface area contributed by atoms with E-state index in [-0.39, 0.29) is 0 Å². The second-order valence-corrected chi connectivity index (χ2v) is 9.47. The van der Waals surface area contributed by atoms with Crippen molar-refractivity contribution in [2.75, 3.05) is 0 Å². The van der Waals surface area contributed by atoms with Gasteiger partial charge in [0.25, 0.3) is 0 Å². The van der Waals surface area contributed by atoms with Crippen molar-refractivity contribution >= 4 is 23.8 Å². The van der Waals surface area contributed by atoms with Gasteiger partial charge in [-0.15, -0.1) is 0 Å². The third-order valence-corrected chi connectivity index (χ3v) is 7.83. The van der Waals surface area contributed by atoms with Gasteiger partial charge in [-0.3, -0.25) is 4.98 Å². The highest BCUT2D eigenvalue weighted by molar-refractivity contribution is 7.80. The third kappa shape index (κ3) is 4.06. The van der Waals surface area contributed by atoms with Crippen LogP contribution in [-0.2, 0) is 0 Å². The Hall–Kier alpha value is -3.54. The van der Waals surface area contributed by atoms with Crippen LogP contribution in [0.25, 0.3) is 22.4 Å². The lowest BCUT2D eigenvalue weighted by molar-refractivity contribution is 1.33. The molecule has 0 unspecified atom stereocenters. The van der Waals surface area contributed by atoms with E-state index < -0.39 is 7.92 Å². The summed E-state index contributed by atoms with van der Waals surface area (Å²) in [4.78, 5) is 4.63. The van der Waals surface area contributed by atoms with E-state index in [1.165, 1.54) is 27.0 Å². The molecule has 0 N–H and O–H groups in total. The minimum Gasteiger partial charge on any atom is -0.256 e. The SMILES string of the molecule is c1ccc(P(c2ccccc2)c2ccccc2-c2ccccc2-c2ccccn2)cc1. The van der Waals surface area contributed by atoms with Crippen LogP contribution >= 0.6 is 7.92 Å². The van der Waals surface area contributed by atoms with Gasteiger partial charge in [0.05, 0.1) is 5.69 Å². The van der Waals surface area contributed by atoms with Crippen LogP contribution in [-0.4, -0.2) is 4.98 Å². The van der Waals surface area contributed by atoms with E-state index in [0.29, 0.717) is 0 Å². The summed E-state index contributed by atoms with van der Waals surface area (Å²) < 4.78 is 0. The Morgan fingerprint density at radius 1 is 0.419 bits per heavy atom. The van der Waals surface area contributed by atoms with Crippen LogP contribution in [0.15, 0.2) is 134 Å². The predicted octanol–water partition coefficient (Wildman–Crippen LogP) is 6.17. The number of rotatable bonds is 5. The summed E-state index contributed by atoms with van der Waals surface area (Å²) in [5, 5.41) is 4.07. The van der Waals surface area contributed by atoms with E-state index in [0.717, 1.165) is 11.3 Å². The first kappa shape index (κ1) is 19.4. The van der Waals surface area contributed by atoms with Crippen molar-refractivity contribution < 1.29 is 0 Å². The quantitative estimate of drug-likeness (QED) is 0.313. The molecule has 0 radical (unpaired) electrons. The third-order valence-electron chi connectivity index (χ3n) is 5.33. The lowest BCUT2D eigenvalue weighted by Crippen LogP contribution is -2.22. The standard InChI is InChI=1S/C29H22NP/c1-3-13-23(14-4-1)31(24-15-5-2-6-16-24)29-21-10-9-19-27(29)25-17-7-8-18-26(25)28-20-11-12-22-30-28/h1-22H. The fourth-order valence-electron chi connectivity index (χ4n) is 3.94. The molecule has 0 amide bonds. The topological polar surface area (TPSA) is 12.9 Å². The molecule has 5 aromatic rings. The fraction of sp³-hybridized carbons (Fsp3) is 0. The van der Waals surface area contributed by atoms with E-state index in [9.17, 15) is 0 Å². The highest BCUT2D eigenvalue weighted by Crippen LogP contribution is 2.39. The van der Waals surface area contributed by atoms with Gasteiger partial charge in [0.15, 0.2) is 0 Å². The van der Waals surface area contributed by atoms with Crippen LogP contribution in [0.5, 0.6) is 0 Å². The average molecular weight is 415 g/mol. The molecule has 2 heteroatoms. The number of nitrogens with zero attached hydrogens (tertiary/aromatic N) is 1. The van der Waals surface area contributed by atoms with Crippen LogP contribution in [0.1, 0.15) is 0 Å². The van der Waals surface area contributed by atoms with Crippen molar-refractivity contribution in [2.24, 2.45) is 0 Å². The smallest absolute Gasteiger partial charge is 0.0708 e. The second-order valence-electron chi connectivity index (χ2n) is 7.28. The summed E-state index contributed by atoms with van der Waals surface area (Å²) in [7, 11) is -0.692. The molecule has 0 spiro atoms. The van der Waals surface area contributed by atoms with Gasteiger partial charge in [0.2, 0.25) is 0 Å². The first-order valence-corrected chi connectivity index (χ1v) is 11.8. The van der Waals surface area contributed by atoms with Gasteiger partial charge in [0.1, 0.15) is 0 Å². The molecular weight excluding hydrogens is 393 g/mol. The van der Waals surface area contributed by atoms with Crippen molar-refractivity contribution in [1.29, 1.82) is 0 Å². The van der Waals surface area contributed by atoms with E-state index in [1.807, 2.05) is 18.3 Å². The zero-order chi connectivity index (χ0) is 20.9. The van der Waals surface area contributed by atoms with E-state index in [2.05, 4.69) is 120 Å². The van der Waals surface area contributed by atoms with Crippen LogP contribution in [0.3, 0.4) is 0 Å². The van der Waals surface area contributed by atoms with Crippen LogP contribution in [0, 0.1) is 0 Å². The summed E-state index contributed by atoms with van der Waals surface area (Å²) in [5.41, 5.74) is 4.64. The van der Waals surface area contributed by atoms with Gasteiger partial charge < -0.3 is 0 Å². The Kier molecular flexibility index (Phi) is 5.69. The number of pyridine rings is 1. The minimum atomic E-state index is -0.692. The number of hydrogen-bond acceptors (Lipinski definition) is 1. The normalized spacial score (nSPS) is 10.9. The Morgan fingerprint density at radius 2 is 0.935 bits per heavy atom. The molecular formula is C29H22NP. The zero-order valence-corrected chi connectivity index (χ0v) is 18.0. The predicted molar refractivity (Wildman–Crippen MR) is 134 cm³/mol. The Bertz CT molecular complexity index is 1230. The number of benzene rings is 4. The molecule has 1 heterocycles. The Labute approximate surface area is 184 Å². The zero-order valence-electron chi connectivity index (χ0n) is 17.1. The summed E-state index contributed by atoms with van der Waals surface area (Å²) in [6.45, 7) is 0. The molecule has 0 fully saturated rings. The monoisotopic (exact) mass is 415 g/mol. The maximum Gasteiger partial charge on any atom is 0.0708 e. The van der Waals surface area contributed by atoms with Gasteiger partial charge in [-0.1, -0.05) is 115 Å². The molecule has 148 valence electrons. The molecule has 0 aliphatic heterocycles. The first-order valence-electron chi connectivity index (χ1n) is 10.4. The van der Waals surface area contributed by atoms with E-state index in [1.54, 1.807) is 0 Å². The largest absolute Gasteiger partial charge is 0.256 e. The van der Waals surface area contributed by atoms with Gasteiger partial charge in [-0.25, -0.2) is 0 Å². The Morgan fingerprint density at radius 3 is 1.55 bits per heavy atom. The number of aromatic nitrogens is 1. The van der Waals surface area contributed by atoms with Crippen molar-refractivity contribution in [3.63, 3.8) is 0 Å². The lowest BCUT2D eigenvalue weighted by Gasteiger charge is -2.23. The molecule has 1 aromatic heterocycles. The van der Waals surface area contributed by atoms with Crippen LogP contribution in [0.2, 0.25) is 0 Å². The second kappa shape index (κ2) is 9.08. The fourth-order valence-corrected chi connectivity index (χ4v) is 6.41.